The zero-order valence-corrected chi connectivity index (χ0v) is 16.8. The molecule has 6 heteroatoms. The van der Waals surface area contributed by atoms with Gasteiger partial charge in [0.15, 0.2) is 11.5 Å². The molecule has 0 radical (unpaired) electrons. The molecule has 4 aromatic rings. The SMILES string of the molecule is O=C(Nc1ccc(-c2csc(-c3ccccc3)n2)cc1)C1COc2ccccc2O1. The molecular formula is C24H18N2O3S. The minimum absolute atomic E-state index is 0.183. The van der Waals surface area contributed by atoms with Crippen molar-refractivity contribution < 1.29 is 14.3 Å². The van der Waals surface area contributed by atoms with Crippen molar-refractivity contribution in [3.05, 3.63) is 84.2 Å². The molecule has 5 rings (SSSR count). The van der Waals surface area contributed by atoms with Crippen LogP contribution >= 0.6 is 11.3 Å². The molecule has 0 fully saturated rings. The topological polar surface area (TPSA) is 60.5 Å². The zero-order valence-electron chi connectivity index (χ0n) is 15.9. The first-order chi connectivity index (χ1) is 14.8. The van der Waals surface area contributed by atoms with Crippen LogP contribution in [0.1, 0.15) is 0 Å². The normalized spacial score (nSPS) is 14.9. The Balaban J connectivity index is 1.26. The predicted octanol–water partition coefficient (Wildman–Crippen LogP) is 5.26. The Kier molecular flexibility index (Phi) is 4.91. The summed E-state index contributed by atoms with van der Waals surface area (Å²) in [7, 11) is 0. The van der Waals surface area contributed by atoms with E-state index < -0.39 is 6.10 Å². The Morgan fingerprint density at radius 2 is 1.63 bits per heavy atom. The number of rotatable bonds is 4. The van der Waals surface area contributed by atoms with Crippen LogP contribution in [0.2, 0.25) is 0 Å². The molecule has 0 saturated heterocycles. The van der Waals surface area contributed by atoms with E-state index in [1.807, 2.05) is 66.0 Å². The van der Waals surface area contributed by atoms with Crippen LogP contribution in [0.5, 0.6) is 11.5 Å². The van der Waals surface area contributed by atoms with E-state index in [2.05, 4.69) is 17.4 Å². The molecule has 5 nitrogen and oxygen atoms in total. The lowest BCUT2D eigenvalue weighted by Gasteiger charge is -2.25. The van der Waals surface area contributed by atoms with Gasteiger partial charge in [0, 0.05) is 22.2 Å². The van der Waals surface area contributed by atoms with Crippen LogP contribution < -0.4 is 14.8 Å². The molecule has 148 valence electrons. The predicted molar refractivity (Wildman–Crippen MR) is 118 cm³/mol. The van der Waals surface area contributed by atoms with Crippen LogP contribution in [-0.4, -0.2) is 23.6 Å². The third-order valence-corrected chi connectivity index (χ3v) is 5.67. The van der Waals surface area contributed by atoms with Gasteiger partial charge in [-0.05, 0) is 24.3 Å². The molecule has 0 bridgehead atoms. The number of para-hydroxylation sites is 2. The molecule has 30 heavy (non-hydrogen) atoms. The van der Waals surface area contributed by atoms with E-state index in [9.17, 15) is 4.79 Å². The maximum absolute atomic E-state index is 12.6. The number of fused-ring (bicyclic) bond motifs is 1. The van der Waals surface area contributed by atoms with Crippen LogP contribution in [0, 0.1) is 0 Å². The van der Waals surface area contributed by atoms with E-state index in [1.54, 1.807) is 17.4 Å². The molecule has 0 aliphatic carbocycles. The second-order valence-corrected chi connectivity index (χ2v) is 7.69. The van der Waals surface area contributed by atoms with Gasteiger partial charge in [0.1, 0.15) is 11.6 Å². The van der Waals surface area contributed by atoms with E-state index in [0.29, 0.717) is 17.2 Å². The third-order valence-electron chi connectivity index (χ3n) is 4.77. The monoisotopic (exact) mass is 414 g/mol. The number of benzene rings is 3. The van der Waals surface area contributed by atoms with E-state index in [0.717, 1.165) is 21.8 Å². The molecule has 1 aliphatic rings. The van der Waals surface area contributed by atoms with Crippen LogP contribution in [0.3, 0.4) is 0 Å². The smallest absolute Gasteiger partial charge is 0.269 e. The molecule has 3 aromatic carbocycles. The number of aromatic nitrogens is 1. The van der Waals surface area contributed by atoms with Crippen molar-refractivity contribution in [1.82, 2.24) is 4.98 Å². The fourth-order valence-electron chi connectivity index (χ4n) is 3.22. The Hall–Kier alpha value is -3.64. The number of nitrogens with zero attached hydrogens (tertiary/aromatic N) is 1. The number of nitrogens with one attached hydrogen (secondary N) is 1. The summed E-state index contributed by atoms with van der Waals surface area (Å²) in [4.78, 5) is 17.3. The Labute approximate surface area is 177 Å². The largest absolute Gasteiger partial charge is 0.485 e. The first-order valence-corrected chi connectivity index (χ1v) is 10.4. The van der Waals surface area contributed by atoms with Gasteiger partial charge in [-0.25, -0.2) is 4.98 Å². The molecule has 1 amide bonds. The van der Waals surface area contributed by atoms with Crippen LogP contribution in [-0.2, 0) is 4.79 Å². The Bertz CT molecular complexity index is 1170. The minimum Gasteiger partial charge on any atom is -0.485 e. The van der Waals surface area contributed by atoms with Gasteiger partial charge in [-0.2, -0.15) is 0 Å². The van der Waals surface area contributed by atoms with E-state index >= 15 is 0 Å². The number of ether oxygens (including phenoxy) is 2. The molecule has 1 N–H and O–H groups in total. The van der Waals surface area contributed by atoms with Gasteiger partial charge in [-0.1, -0.05) is 54.6 Å². The van der Waals surface area contributed by atoms with Crippen molar-refractivity contribution in [2.45, 2.75) is 6.10 Å². The highest BCUT2D eigenvalue weighted by molar-refractivity contribution is 7.13. The highest BCUT2D eigenvalue weighted by Gasteiger charge is 2.27. The van der Waals surface area contributed by atoms with Gasteiger partial charge in [-0.3, -0.25) is 4.79 Å². The third kappa shape index (κ3) is 3.77. The summed E-state index contributed by atoms with van der Waals surface area (Å²) in [5, 5.41) is 5.92. The standard InChI is InChI=1S/C24H18N2O3S/c27-23(22-14-28-20-8-4-5-9-21(20)29-22)25-18-12-10-16(11-13-18)19-15-30-24(26-19)17-6-2-1-3-7-17/h1-13,15,22H,14H2,(H,25,27). The van der Waals surface area contributed by atoms with Gasteiger partial charge in [0.2, 0.25) is 6.10 Å². The van der Waals surface area contributed by atoms with Crippen molar-refractivity contribution >= 4 is 22.9 Å². The van der Waals surface area contributed by atoms with Crippen molar-refractivity contribution in [2.75, 3.05) is 11.9 Å². The number of carbonyl (C=O) groups is 1. The molecule has 2 heterocycles. The highest BCUT2D eigenvalue weighted by Crippen LogP contribution is 2.32. The van der Waals surface area contributed by atoms with E-state index in [-0.39, 0.29) is 12.5 Å². The number of anilines is 1. The number of thiazole rings is 1. The average molecular weight is 414 g/mol. The van der Waals surface area contributed by atoms with Crippen molar-refractivity contribution in [3.63, 3.8) is 0 Å². The molecule has 0 saturated carbocycles. The molecule has 1 unspecified atom stereocenters. The minimum atomic E-state index is -0.688. The number of carbonyl (C=O) groups excluding carboxylic acids is 1. The van der Waals surface area contributed by atoms with Gasteiger partial charge in [0.05, 0.1) is 5.69 Å². The summed E-state index contributed by atoms with van der Waals surface area (Å²) in [5.74, 6) is 0.998. The quantitative estimate of drug-likeness (QED) is 0.495. The number of hydrogen-bond acceptors (Lipinski definition) is 5. The number of amides is 1. The fraction of sp³-hybridized carbons (Fsp3) is 0.0833. The first kappa shape index (κ1) is 18.4. The van der Waals surface area contributed by atoms with Gasteiger partial charge in [0.25, 0.3) is 5.91 Å². The summed E-state index contributed by atoms with van der Waals surface area (Å²) in [5.41, 5.74) is 3.72. The van der Waals surface area contributed by atoms with E-state index in [1.165, 1.54) is 0 Å². The lowest BCUT2D eigenvalue weighted by Crippen LogP contribution is -2.40. The van der Waals surface area contributed by atoms with Crippen molar-refractivity contribution in [3.8, 4) is 33.3 Å². The van der Waals surface area contributed by atoms with E-state index in [4.69, 9.17) is 14.5 Å². The summed E-state index contributed by atoms with van der Waals surface area (Å²) < 4.78 is 11.4. The first-order valence-electron chi connectivity index (χ1n) is 9.57. The van der Waals surface area contributed by atoms with Gasteiger partial charge in [-0.15, -0.1) is 11.3 Å². The van der Waals surface area contributed by atoms with Gasteiger partial charge < -0.3 is 14.8 Å². The van der Waals surface area contributed by atoms with Crippen LogP contribution in [0.4, 0.5) is 5.69 Å². The van der Waals surface area contributed by atoms with Gasteiger partial charge >= 0.3 is 0 Å². The maximum atomic E-state index is 12.6. The molecular weight excluding hydrogens is 396 g/mol. The maximum Gasteiger partial charge on any atom is 0.269 e. The molecule has 1 aromatic heterocycles. The summed E-state index contributed by atoms with van der Waals surface area (Å²) >= 11 is 1.61. The summed E-state index contributed by atoms with van der Waals surface area (Å²) in [6.07, 6.45) is -0.688. The van der Waals surface area contributed by atoms with Crippen LogP contribution in [0.25, 0.3) is 21.8 Å². The zero-order chi connectivity index (χ0) is 20.3. The summed E-state index contributed by atoms with van der Waals surface area (Å²) in [6, 6.07) is 25.1. The fourth-order valence-corrected chi connectivity index (χ4v) is 4.05. The van der Waals surface area contributed by atoms with Crippen molar-refractivity contribution in [2.24, 2.45) is 0 Å². The second-order valence-electron chi connectivity index (χ2n) is 6.83. The lowest BCUT2D eigenvalue weighted by atomic mass is 10.1. The average Bonchev–Trinajstić information content (AvgIpc) is 3.30. The Morgan fingerprint density at radius 3 is 2.43 bits per heavy atom. The van der Waals surface area contributed by atoms with Crippen molar-refractivity contribution in [1.29, 1.82) is 0 Å². The second kappa shape index (κ2) is 8.00. The molecule has 1 atom stereocenters. The highest BCUT2D eigenvalue weighted by atomic mass is 32.1. The summed E-state index contributed by atoms with van der Waals surface area (Å²) in [6.45, 7) is 0.183. The number of hydrogen-bond donors (Lipinski definition) is 1. The lowest BCUT2D eigenvalue weighted by molar-refractivity contribution is -0.125. The Morgan fingerprint density at radius 1 is 0.900 bits per heavy atom. The molecule has 0 spiro atoms. The van der Waals surface area contributed by atoms with Crippen LogP contribution in [0.15, 0.2) is 84.2 Å². The molecule has 1 aliphatic heterocycles.